The van der Waals surface area contributed by atoms with Gasteiger partial charge in [-0.3, -0.25) is 14.9 Å². The van der Waals surface area contributed by atoms with Crippen LogP contribution in [0.3, 0.4) is 0 Å². The molecule has 1 amide bonds. The van der Waals surface area contributed by atoms with Crippen LogP contribution in [0.4, 0.5) is 11.5 Å². The average Bonchev–Trinajstić information content (AvgIpc) is 2.89. The molecule has 0 saturated heterocycles. The highest BCUT2D eigenvalue weighted by Crippen LogP contribution is 2.18. The van der Waals surface area contributed by atoms with Gasteiger partial charge in [0, 0.05) is 11.6 Å². The third-order valence-electron chi connectivity index (χ3n) is 2.47. The number of aryl methyl sites for hydroxylation is 1. The number of hydrogen-bond donors (Lipinski definition) is 1. The van der Waals surface area contributed by atoms with Crippen LogP contribution < -0.4 is 5.32 Å². The Bertz CT molecular complexity index is 662. The van der Waals surface area contributed by atoms with E-state index in [0.717, 1.165) is 6.20 Å². The van der Waals surface area contributed by atoms with E-state index in [9.17, 15) is 14.9 Å². The van der Waals surface area contributed by atoms with Crippen molar-refractivity contribution >= 4 is 23.5 Å². The molecule has 2 aromatic heterocycles. The van der Waals surface area contributed by atoms with Crippen molar-refractivity contribution in [1.82, 2.24) is 4.98 Å². The summed E-state index contributed by atoms with van der Waals surface area (Å²) >= 11 is 0. The van der Waals surface area contributed by atoms with Gasteiger partial charge >= 0.3 is 0 Å². The van der Waals surface area contributed by atoms with Gasteiger partial charge in [-0.25, -0.2) is 4.98 Å². The SMILES string of the molecule is Cc1cc(NC(=O)/C=C/c2ccco2)ncc1[N+](=O)[O-]. The molecule has 20 heavy (non-hydrogen) atoms. The van der Waals surface area contributed by atoms with Crippen molar-refractivity contribution < 1.29 is 14.1 Å². The number of furan rings is 1. The quantitative estimate of drug-likeness (QED) is 0.524. The first-order valence-corrected chi connectivity index (χ1v) is 5.70. The summed E-state index contributed by atoms with van der Waals surface area (Å²) in [5.74, 6) is 0.400. The average molecular weight is 273 g/mol. The molecule has 0 saturated carbocycles. The molecule has 7 nitrogen and oxygen atoms in total. The normalized spacial score (nSPS) is 10.7. The standard InChI is InChI=1S/C13H11N3O4/c1-9-7-12(14-8-11(9)16(18)19)15-13(17)5-4-10-3-2-6-20-10/h2-8H,1H3,(H,14,15,17)/b5-4+. The van der Waals surface area contributed by atoms with Crippen LogP contribution >= 0.6 is 0 Å². The lowest BCUT2D eigenvalue weighted by atomic mass is 10.2. The summed E-state index contributed by atoms with van der Waals surface area (Å²) < 4.78 is 5.04. The van der Waals surface area contributed by atoms with Gasteiger partial charge in [-0.2, -0.15) is 0 Å². The van der Waals surface area contributed by atoms with Gasteiger partial charge in [-0.15, -0.1) is 0 Å². The number of nitrogens with zero attached hydrogens (tertiary/aromatic N) is 2. The van der Waals surface area contributed by atoms with Crippen LogP contribution in [-0.2, 0) is 4.79 Å². The Morgan fingerprint density at radius 3 is 2.95 bits per heavy atom. The second kappa shape index (κ2) is 5.79. The minimum atomic E-state index is -0.523. The number of pyridine rings is 1. The van der Waals surface area contributed by atoms with E-state index < -0.39 is 10.8 Å². The van der Waals surface area contributed by atoms with E-state index >= 15 is 0 Å². The number of anilines is 1. The zero-order chi connectivity index (χ0) is 14.5. The van der Waals surface area contributed by atoms with Gasteiger partial charge in [0.15, 0.2) is 0 Å². The van der Waals surface area contributed by atoms with E-state index in [0.29, 0.717) is 11.3 Å². The number of nitro groups is 1. The smallest absolute Gasteiger partial charge is 0.290 e. The molecular formula is C13H11N3O4. The summed E-state index contributed by atoms with van der Waals surface area (Å²) in [6.07, 6.45) is 5.41. The Hall–Kier alpha value is -2.96. The number of amides is 1. The molecule has 2 rings (SSSR count). The van der Waals surface area contributed by atoms with Crippen LogP contribution in [0.5, 0.6) is 0 Å². The molecule has 0 aliphatic rings. The van der Waals surface area contributed by atoms with Gasteiger partial charge in [0.05, 0.1) is 11.2 Å². The number of nitrogens with one attached hydrogen (secondary N) is 1. The highest BCUT2D eigenvalue weighted by molar-refractivity contribution is 6.01. The van der Waals surface area contributed by atoms with E-state index in [-0.39, 0.29) is 11.5 Å². The molecule has 0 radical (unpaired) electrons. The highest BCUT2D eigenvalue weighted by Gasteiger charge is 2.11. The second-order valence-electron chi connectivity index (χ2n) is 3.95. The summed E-state index contributed by atoms with van der Waals surface area (Å²) in [5, 5.41) is 13.2. The van der Waals surface area contributed by atoms with Gasteiger partial charge in [0.2, 0.25) is 5.91 Å². The van der Waals surface area contributed by atoms with Crippen molar-refractivity contribution in [3.8, 4) is 0 Å². The van der Waals surface area contributed by atoms with E-state index in [1.54, 1.807) is 19.1 Å². The van der Waals surface area contributed by atoms with Crippen LogP contribution in [0.15, 0.2) is 41.2 Å². The fourth-order valence-corrected chi connectivity index (χ4v) is 1.52. The van der Waals surface area contributed by atoms with Gasteiger partial charge < -0.3 is 9.73 Å². The van der Waals surface area contributed by atoms with Gasteiger partial charge in [-0.05, 0) is 31.2 Å². The Kier molecular flexibility index (Phi) is 3.90. The molecule has 0 atom stereocenters. The Labute approximate surface area is 114 Å². The van der Waals surface area contributed by atoms with Crippen LogP contribution in [0.25, 0.3) is 6.08 Å². The predicted octanol–water partition coefficient (Wildman–Crippen LogP) is 2.54. The van der Waals surface area contributed by atoms with Crippen LogP contribution in [0.2, 0.25) is 0 Å². The van der Waals surface area contributed by atoms with E-state index in [1.165, 1.54) is 24.5 Å². The molecule has 0 unspecified atom stereocenters. The molecule has 2 heterocycles. The third kappa shape index (κ3) is 3.29. The number of carbonyl (C=O) groups excluding carboxylic acids is 1. The predicted molar refractivity (Wildman–Crippen MR) is 72.0 cm³/mol. The van der Waals surface area contributed by atoms with E-state index in [2.05, 4.69) is 10.3 Å². The minimum absolute atomic E-state index is 0.0888. The molecule has 0 aliphatic heterocycles. The van der Waals surface area contributed by atoms with Crippen molar-refractivity contribution in [2.24, 2.45) is 0 Å². The lowest BCUT2D eigenvalue weighted by Gasteiger charge is -2.02. The van der Waals surface area contributed by atoms with Crippen molar-refractivity contribution in [2.75, 3.05) is 5.32 Å². The first-order chi connectivity index (χ1) is 9.56. The molecule has 0 aliphatic carbocycles. The largest absolute Gasteiger partial charge is 0.465 e. The van der Waals surface area contributed by atoms with Crippen LogP contribution in [0.1, 0.15) is 11.3 Å². The summed E-state index contributed by atoms with van der Waals surface area (Å²) in [6, 6.07) is 4.85. The molecule has 2 aromatic rings. The second-order valence-corrected chi connectivity index (χ2v) is 3.95. The minimum Gasteiger partial charge on any atom is -0.465 e. The molecule has 1 N–H and O–H groups in total. The fourth-order valence-electron chi connectivity index (χ4n) is 1.52. The summed E-state index contributed by atoms with van der Waals surface area (Å²) in [6.45, 7) is 1.58. The molecule has 0 spiro atoms. The highest BCUT2D eigenvalue weighted by atomic mass is 16.6. The zero-order valence-corrected chi connectivity index (χ0v) is 10.6. The number of hydrogen-bond acceptors (Lipinski definition) is 5. The third-order valence-corrected chi connectivity index (χ3v) is 2.47. The van der Waals surface area contributed by atoms with Gasteiger partial charge in [-0.1, -0.05) is 0 Å². The fraction of sp³-hybridized carbons (Fsp3) is 0.0769. The van der Waals surface area contributed by atoms with Crippen LogP contribution in [-0.4, -0.2) is 15.8 Å². The molecular weight excluding hydrogens is 262 g/mol. The lowest BCUT2D eigenvalue weighted by molar-refractivity contribution is -0.385. The maximum Gasteiger partial charge on any atom is 0.290 e. The molecule has 0 fully saturated rings. The number of rotatable bonds is 4. The van der Waals surface area contributed by atoms with Crippen molar-refractivity contribution in [3.63, 3.8) is 0 Å². The number of carbonyl (C=O) groups is 1. The Morgan fingerprint density at radius 2 is 2.35 bits per heavy atom. The van der Waals surface area contributed by atoms with Gasteiger partial charge in [0.25, 0.3) is 5.69 Å². The summed E-state index contributed by atoms with van der Waals surface area (Å²) in [5.41, 5.74) is 0.337. The van der Waals surface area contributed by atoms with Crippen molar-refractivity contribution in [1.29, 1.82) is 0 Å². The number of aromatic nitrogens is 1. The van der Waals surface area contributed by atoms with Crippen molar-refractivity contribution in [2.45, 2.75) is 6.92 Å². The Morgan fingerprint density at radius 1 is 1.55 bits per heavy atom. The summed E-state index contributed by atoms with van der Waals surface area (Å²) in [7, 11) is 0. The monoisotopic (exact) mass is 273 g/mol. The maximum atomic E-state index is 11.6. The Balaban J connectivity index is 2.05. The lowest BCUT2D eigenvalue weighted by Crippen LogP contribution is -2.09. The molecule has 102 valence electrons. The van der Waals surface area contributed by atoms with Crippen LogP contribution in [0, 0.1) is 17.0 Å². The van der Waals surface area contributed by atoms with Crippen molar-refractivity contribution in [3.05, 3.63) is 58.2 Å². The first-order valence-electron chi connectivity index (χ1n) is 5.70. The van der Waals surface area contributed by atoms with E-state index in [1.807, 2.05) is 0 Å². The van der Waals surface area contributed by atoms with Gasteiger partial charge in [0.1, 0.15) is 17.8 Å². The molecule has 0 aromatic carbocycles. The molecule has 0 bridgehead atoms. The molecule has 7 heteroatoms. The summed E-state index contributed by atoms with van der Waals surface area (Å²) in [4.78, 5) is 25.6. The zero-order valence-electron chi connectivity index (χ0n) is 10.6. The maximum absolute atomic E-state index is 11.6. The van der Waals surface area contributed by atoms with E-state index in [4.69, 9.17) is 4.42 Å². The first kappa shape index (κ1) is 13.5. The topological polar surface area (TPSA) is 98.3 Å².